The van der Waals surface area contributed by atoms with Gasteiger partial charge < -0.3 is 5.32 Å². The Labute approximate surface area is 146 Å². The molecule has 2 atom stereocenters. The van der Waals surface area contributed by atoms with Crippen LogP contribution in [0.4, 0.5) is 5.82 Å². The number of unbranched alkanes of at least 4 members (excludes halogenated alkanes) is 3. The van der Waals surface area contributed by atoms with E-state index >= 15 is 0 Å². The summed E-state index contributed by atoms with van der Waals surface area (Å²) >= 11 is 0. The van der Waals surface area contributed by atoms with Crippen LogP contribution in [0.15, 0.2) is 18.6 Å². The molecule has 0 aromatic carbocycles. The van der Waals surface area contributed by atoms with Gasteiger partial charge in [0.2, 0.25) is 0 Å². The highest BCUT2D eigenvalue weighted by Crippen LogP contribution is 2.26. The number of hydrogen-bond acceptors (Lipinski definition) is 4. The van der Waals surface area contributed by atoms with Gasteiger partial charge in [-0.1, -0.05) is 59.3 Å². The van der Waals surface area contributed by atoms with Crippen LogP contribution in [0.25, 0.3) is 5.78 Å². The number of nitrogens with one attached hydrogen (secondary N) is 1. The van der Waals surface area contributed by atoms with Crippen molar-refractivity contribution in [2.24, 2.45) is 5.92 Å². The molecular formula is C19H33N5. The van der Waals surface area contributed by atoms with Gasteiger partial charge in [-0.15, -0.1) is 0 Å². The Morgan fingerprint density at radius 3 is 2.54 bits per heavy atom. The van der Waals surface area contributed by atoms with Crippen molar-refractivity contribution in [1.29, 1.82) is 0 Å². The van der Waals surface area contributed by atoms with Gasteiger partial charge in [-0.25, -0.2) is 4.98 Å². The number of anilines is 1. The normalized spacial score (nSPS) is 14.0. The quantitative estimate of drug-likeness (QED) is 0.550. The molecule has 0 aliphatic carbocycles. The van der Waals surface area contributed by atoms with Crippen LogP contribution in [0.3, 0.4) is 0 Å². The average molecular weight is 332 g/mol. The fourth-order valence-electron chi connectivity index (χ4n) is 3.46. The van der Waals surface area contributed by atoms with Gasteiger partial charge in [-0.05, 0) is 31.2 Å². The Balaban J connectivity index is 2.15. The number of rotatable bonds is 12. The number of fused-ring (bicyclic) bond motifs is 1. The number of nitrogens with zero attached hydrogens (tertiary/aromatic N) is 4. The molecule has 0 radical (unpaired) electrons. The van der Waals surface area contributed by atoms with Crippen LogP contribution in [0.2, 0.25) is 0 Å². The molecule has 2 aromatic heterocycles. The van der Waals surface area contributed by atoms with Gasteiger partial charge in [0.25, 0.3) is 5.78 Å². The van der Waals surface area contributed by atoms with Crippen LogP contribution < -0.4 is 5.32 Å². The van der Waals surface area contributed by atoms with Crippen molar-refractivity contribution < 1.29 is 0 Å². The zero-order chi connectivity index (χ0) is 17.2. The second-order valence-electron chi connectivity index (χ2n) is 6.74. The maximum absolute atomic E-state index is 4.32. The second kappa shape index (κ2) is 10.3. The summed E-state index contributed by atoms with van der Waals surface area (Å²) in [5.41, 5.74) is 0. The molecule has 2 heterocycles. The number of hydrogen-bond donors (Lipinski definition) is 1. The minimum Gasteiger partial charge on any atom is -0.367 e. The van der Waals surface area contributed by atoms with Gasteiger partial charge in [0.15, 0.2) is 0 Å². The monoisotopic (exact) mass is 331 g/mol. The fourth-order valence-corrected chi connectivity index (χ4v) is 3.46. The zero-order valence-electron chi connectivity index (χ0n) is 15.5. The highest BCUT2D eigenvalue weighted by atomic mass is 15.4. The van der Waals surface area contributed by atoms with E-state index < -0.39 is 0 Å². The molecule has 1 N–H and O–H groups in total. The third kappa shape index (κ3) is 5.18. The van der Waals surface area contributed by atoms with Crippen molar-refractivity contribution in [1.82, 2.24) is 19.6 Å². The minimum absolute atomic E-state index is 0.498. The van der Waals surface area contributed by atoms with E-state index in [2.05, 4.69) is 41.2 Å². The lowest BCUT2D eigenvalue weighted by Crippen LogP contribution is -2.30. The van der Waals surface area contributed by atoms with E-state index in [0.29, 0.717) is 11.8 Å². The maximum atomic E-state index is 4.32. The summed E-state index contributed by atoms with van der Waals surface area (Å²) in [6.45, 7) is 6.85. The molecule has 0 saturated heterocycles. The first-order valence-corrected chi connectivity index (χ1v) is 9.71. The maximum Gasteiger partial charge on any atom is 0.254 e. The van der Waals surface area contributed by atoms with Crippen molar-refractivity contribution in [3.8, 4) is 0 Å². The van der Waals surface area contributed by atoms with Crippen LogP contribution in [0, 0.1) is 5.92 Å². The van der Waals surface area contributed by atoms with Crippen molar-refractivity contribution in [2.45, 2.75) is 84.6 Å². The summed E-state index contributed by atoms with van der Waals surface area (Å²) in [6.07, 6.45) is 14.9. The highest BCUT2D eigenvalue weighted by Gasteiger charge is 2.21. The SMILES string of the molecule is CCCCCC(Nc1ccnc2ncnn12)C(CCC)CCCC. The fraction of sp³-hybridized carbons (Fsp3) is 0.737. The molecule has 0 fully saturated rings. The molecule has 0 spiro atoms. The van der Waals surface area contributed by atoms with Crippen molar-refractivity contribution in [3.05, 3.63) is 18.6 Å². The molecule has 0 saturated carbocycles. The van der Waals surface area contributed by atoms with Gasteiger partial charge in [0.1, 0.15) is 12.1 Å². The van der Waals surface area contributed by atoms with E-state index in [0.717, 1.165) is 11.7 Å². The summed E-state index contributed by atoms with van der Waals surface area (Å²) in [6, 6.07) is 2.51. The molecule has 0 bridgehead atoms. The molecular weight excluding hydrogens is 298 g/mol. The molecule has 134 valence electrons. The molecule has 2 aromatic rings. The van der Waals surface area contributed by atoms with Crippen molar-refractivity contribution in [3.63, 3.8) is 0 Å². The Morgan fingerprint density at radius 1 is 0.958 bits per heavy atom. The topological polar surface area (TPSA) is 55.1 Å². The Bertz CT molecular complexity index is 580. The average Bonchev–Trinajstić information content (AvgIpc) is 3.07. The molecule has 24 heavy (non-hydrogen) atoms. The molecule has 2 unspecified atom stereocenters. The van der Waals surface area contributed by atoms with E-state index in [4.69, 9.17) is 0 Å². The van der Waals surface area contributed by atoms with Crippen LogP contribution in [-0.2, 0) is 0 Å². The molecule has 2 rings (SSSR count). The van der Waals surface area contributed by atoms with Crippen LogP contribution in [-0.4, -0.2) is 25.6 Å². The summed E-state index contributed by atoms with van der Waals surface area (Å²) in [5, 5.41) is 8.10. The van der Waals surface area contributed by atoms with Crippen molar-refractivity contribution >= 4 is 11.6 Å². The second-order valence-corrected chi connectivity index (χ2v) is 6.74. The summed E-state index contributed by atoms with van der Waals surface area (Å²) in [7, 11) is 0. The third-order valence-electron chi connectivity index (χ3n) is 4.79. The summed E-state index contributed by atoms with van der Waals surface area (Å²) < 4.78 is 1.82. The molecule has 0 amide bonds. The third-order valence-corrected chi connectivity index (χ3v) is 4.79. The van der Waals surface area contributed by atoms with E-state index in [1.807, 2.05) is 16.8 Å². The van der Waals surface area contributed by atoms with Crippen LogP contribution >= 0.6 is 0 Å². The van der Waals surface area contributed by atoms with Crippen LogP contribution in [0.5, 0.6) is 0 Å². The Morgan fingerprint density at radius 2 is 1.79 bits per heavy atom. The van der Waals surface area contributed by atoms with Gasteiger partial charge >= 0.3 is 0 Å². The van der Waals surface area contributed by atoms with Crippen LogP contribution in [0.1, 0.15) is 78.6 Å². The van der Waals surface area contributed by atoms with Gasteiger partial charge in [-0.2, -0.15) is 14.6 Å². The highest BCUT2D eigenvalue weighted by molar-refractivity contribution is 5.43. The minimum atomic E-state index is 0.498. The van der Waals surface area contributed by atoms with E-state index in [-0.39, 0.29) is 0 Å². The predicted molar refractivity (Wildman–Crippen MR) is 100 cm³/mol. The summed E-state index contributed by atoms with van der Waals surface area (Å²) in [5.74, 6) is 2.39. The largest absolute Gasteiger partial charge is 0.367 e. The number of aromatic nitrogens is 4. The lowest BCUT2D eigenvalue weighted by molar-refractivity contribution is 0.351. The van der Waals surface area contributed by atoms with Gasteiger partial charge in [0, 0.05) is 12.2 Å². The molecule has 0 aliphatic heterocycles. The van der Waals surface area contributed by atoms with Gasteiger partial charge in [0.05, 0.1) is 0 Å². The smallest absolute Gasteiger partial charge is 0.254 e. The lowest BCUT2D eigenvalue weighted by atomic mass is 9.86. The molecule has 5 nitrogen and oxygen atoms in total. The van der Waals surface area contributed by atoms with E-state index in [1.54, 1.807) is 6.33 Å². The first kappa shape index (κ1) is 18.7. The Kier molecular flexibility index (Phi) is 7.99. The molecule has 5 heteroatoms. The first-order valence-electron chi connectivity index (χ1n) is 9.71. The standard InChI is InChI=1S/C19H33N5/c1-4-7-9-12-17(16(10-6-3)11-8-5-2)23-18-13-14-20-19-21-15-22-24(18)19/h13-17,23H,4-12H2,1-3H3. The predicted octanol–water partition coefficient (Wildman–Crippen LogP) is 5.09. The van der Waals surface area contributed by atoms with Crippen molar-refractivity contribution in [2.75, 3.05) is 5.32 Å². The zero-order valence-corrected chi connectivity index (χ0v) is 15.5. The lowest BCUT2D eigenvalue weighted by Gasteiger charge is -2.29. The van der Waals surface area contributed by atoms with E-state index in [9.17, 15) is 0 Å². The molecule has 0 aliphatic rings. The summed E-state index contributed by atoms with van der Waals surface area (Å²) in [4.78, 5) is 8.46. The van der Waals surface area contributed by atoms with E-state index in [1.165, 1.54) is 57.8 Å². The first-order chi connectivity index (χ1) is 11.8. The Hall–Kier alpha value is -1.65. The van der Waals surface area contributed by atoms with Gasteiger partial charge in [-0.3, -0.25) is 0 Å².